The van der Waals surface area contributed by atoms with Crippen molar-refractivity contribution in [1.82, 2.24) is 0 Å². The third-order valence-corrected chi connectivity index (χ3v) is 8.68. The summed E-state index contributed by atoms with van der Waals surface area (Å²) in [5, 5.41) is 16.5. The highest BCUT2D eigenvalue weighted by Gasteiger charge is 2.18. The first kappa shape index (κ1) is 26.5. The molecule has 8 rings (SSSR count). The van der Waals surface area contributed by atoms with Crippen molar-refractivity contribution in [2.45, 2.75) is 0 Å². The van der Waals surface area contributed by atoms with E-state index in [1.165, 1.54) is 37.9 Å². The molecule has 0 unspecified atom stereocenters. The highest BCUT2D eigenvalue weighted by atomic mass is 15.1. The molecule has 0 radical (unpaired) electrons. The van der Waals surface area contributed by atoms with Gasteiger partial charge >= 0.3 is 0 Å². The van der Waals surface area contributed by atoms with Gasteiger partial charge in [0.05, 0.1) is 23.0 Å². The summed E-state index contributed by atoms with van der Waals surface area (Å²) in [6.45, 7) is 0. The summed E-state index contributed by atoms with van der Waals surface area (Å²) in [5.74, 6) is 0. The molecule has 0 aliphatic carbocycles. The van der Waals surface area contributed by atoms with Crippen LogP contribution in [-0.4, -0.2) is 0 Å². The molecule has 0 spiro atoms. The van der Waals surface area contributed by atoms with Gasteiger partial charge in [0.2, 0.25) is 0 Å². The van der Waals surface area contributed by atoms with Gasteiger partial charge in [0.15, 0.2) is 0 Å². The summed E-state index contributed by atoms with van der Waals surface area (Å²) in [6.07, 6.45) is 0. The summed E-state index contributed by atoms with van der Waals surface area (Å²) in [4.78, 5) is 2.39. The first-order valence-electron chi connectivity index (χ1n) is 15.2. The van der Waals surface area contributed by atoms with Gasteiger partial charge in [-0.3, -0.25) is 0 Å². The topological polar surface area (TPSA) is 27.0 Å². The van der Waals surface area contributed by atoms with Gasteiger partial charge in [0.25, 0.3) is 0 Å². The lowest BCUT2D eigenvalue weighted by Crippen LogP contribution is -2.11. The second kappa shape index (κ2) is 11.2. The average molecular weight is 573 g/mol. The van der Waals surface area contributed by atoms with E-state index in [1.54, 1.807) is 0 Å². The number of hydrogen-bond acceptors (Lipinski definition) is 2. The van der Waals surface area contributed by atoms with Crippen LogP contribution in [0.15, 0.2) is 170 Å². The SMILES string of the molecule is N#Cc1ccc(-c2cccc3cccc(-c4ccc(N(c5cccc6ccccc56)c5cccc6ccccc56)cc4)c23)cc1. The zero-order chi connectivity index (χ0) is 30.2. The number of anilines is 3. The van der Waals surface area contributed by atoms with E-state index in [9.17, 15) is 5.26 Å². The zero-order valence-electron chi connectivity index (χ0n) is 24.6. The van der Waals surface area contributed by atoms with Crippen LogP contribution >= 0.6 is 0 Å². The second-order valence-corrected chi connectivity index (χ2v) is 11.3. The third-order valence-electron chi connectivity index (χ3n) is 8.68. The van der Waals surface area contributed by atoms with E-state index >= 15 is 0 Å². The molecule has 0 bridgehead atoms. The van der Waals surface area contributed by atoms with Crippen molar-refractivity contribution >= 4 is 49.4 Å². The highest BCUT2D eigenvalue weighted by molar-refractivity contribution is 6.07. The Morgan fingerprint density at radius 3 is 1.38 bits per heavy atom. The summed E-state index contributed by atoms with van der Waals surface area (Å²) in [5.41, 5.74) is 8.64. The summed E-state index contributed by atoms with van der Waals surface area (Å²) >= 11 is 0. The van der Waals surface area contributed by atoms with E-state index in [1.807, 2.05) is 24.3 Å². The van der Waals surface area contributed by atoms with Gasteiger partial charge in [-0.05, 0) is 80.2 Å². The number of fused-ring (bicyclic) bond motifs is 3. The highest BCUT2D eigenvalue weighted by Crippen LogP contribution is 2.43. The molecule has 0 aliphatic heterocycles. The molecule has 0 N–H and O–H groups in total. The molecule has 0 fully saturated rings. The lowest BCUT2D eigenvalue weighted by atomic mass is 9.91. The van der Waals surface area contributed by atoms with Crippen molar-refractivity contribution in [2.75, 3.05) is 4.90 Å². The fourth-order valence-electron chi connectivity index (χ4n) is 6.55. The minimum absolute atomic E-state index is 0.664. The quantitative estimate of drug-likeness (QED) is 0.205. The van der Waals surface area contributed by atoms with E-state index in [0.717, 1.165) is 33.8 Å². The lowest BCUT2D eigenvalue weighted by molar-refractivity contribution is 1.31. The molecule has 8 aromatic carbocycles. The van der Waals surface area contributed by atoms with Crippen LogP contribution in [0.2, 0.25) is 0 Å². The average Bonchev–Trinajstić information content (AvgIpc) is 3.12. The van der Waals surface area contributed by atoms with Crippen molar-refractivity contribution in [1.29, 1.82) is 5.26 Å². The van der Waals surface area contributed by atoms with Crippen LogP contribution in [0.3, 0.4) is 0 Å². The van der Waals surface area contributed by atoms with Gasteiger partial charge in [-0.2, -0.15) is 5.26 Å². The van der Waals surface area contributed by atoms with Crippen LogP contribution in [0.4, 0.5) is 17.1 Å². The van der Waals surface area contributed by atoms with Gasteiger partial charge in [0, 0.05) is 16.5 Å². The molecule has 0 amide bonds. The molecule has 2 nitrogen and oxygen atoms in total. The molecule has 0 heterocycles. The minimum Gasteiger partial charge on any atom is -0.309 e. The molecule has 2 heteroatoms. The minimum atomic E-state index is 0.664. The van der Waals surface area contributed by atoms with Crippen LogP contribution in [-0.2, 0) is 0 Å². The molecule has 0 saturated carbocycles. The Morgan fingerprint density at radius 1 is 0.400 bits per heavy atom. The lowest BCUT2D eigenvalue weighted by Gasteiger charge is -2.28. The number of benzene rings is 8. The van der Waals surface area contributed by atoms with Crippen LogP contribution in [0.5, 0.6) is 0 Å². The molecular weight excluding hydrogens is 544 g/mol. The van der Waals surface area contributed by atoms with Crippen molar-refractivity contribution in [3.63, 3.8) is 0 Å². The summed E-state index contributed by atoms with van der Waals surface area (Å²) < 4.78 is 0. The Bertz CT molecular complexity index is 2280. The van der Waals surface area contributed by atoms with Gasteiger partial charge in [0.1, 0.15) is 0 Å². The number of rotatable bonds is 5. The van der Waals surface area contributed by atoms with Crippen molar-refractivity contribution < 1.29 is 0 Å². The normalized spacial score (nSPS) is 11.1. The van der Waals surface area contributed by atoms with Crippen LogP contribution in [0.1, 0.15) is 5.56 Å². The second-order valence-electron chi connectivity index (χ2n) is 11.3. The van der Waals surface area contributed by atoms with Crippen LogP contribution < -0.4 is 4.90 Å². The number of nitriles is 1. The molecular formula is C43H28N2. The molecule has 0 aromatic heterocycles. The fourth-order valence-corrected chi connectivity index (χ4v) is 6.55. The maximum absolute atomic E-state index is 9.32. The summed E-state index contributed by atoms with van der Waals surface area (Å²) in [6, 6.07) is 62.3. The molecule has 210 valence electrons. The van der Waals surface area contributed by atoms with Crippen molar-refractivity contribution in [3.05, 3.63) is 175 Å². The standard InChI is InChI=1S/C43H28N2/c44-29-30-21-23-33(24-22-30)39-17-5-13-35-14-6-18-40(43(35)39)34-25-27-36(28-26-34)45(41-19-7-11-31-9-1-3-15-37(31)41)42-20-8-12-32-10-2-4-16-38(32)42/h1-28H. The van der Waals surface area contributed by atoms with E-state index in [0.29, 0.717) is 5.56 Å². The molecule has 45 heavy (non-hydrogen) atoms. The largest absolute Gasteiger partial charge is 0.309 e. The fraction of sp³-hybridized carbons (Fsp3) is 0. The number of hydrogen-bond donors (Lipinski definition) is 0. The molecule has 0 saturated heterocycles. The first-order chi connectivity index (χ1) is 22.3. The Balaban J connectivity index is 1.30. The Kier molecular flexibility index (Phi) is 6.56. The molecule has 8 aromatic rings. The van der Waals surface area contributed by atoms with Gasteiger partial charge in [-0.25, -0.2) is 0 Å². The van der Waals surface area contributed by atoms with E-state index in [4.69, 9.17) is 0 Å². The van der Waals surface area contributed by atoms with Crippen LogP contribution in [0.25, 0.3) is 54.6 Å². The molecule has 0 aliphatic rings. The van der Waals surface area contributed by atoms with Crippen LogP contribution in [0, 0.1) is 11.3 Å². The van der Waals surface area contributed by atoms with Crippen molar-refractivity contribution in [3.8, 4) is 28.3 Å². The third kappa shape index (κ3) is 4.68. The van der Waals surface area contributed by atoms with Gasteiger partial charge in [-0.1, -0.05) is 133 Å². The predicted molar refractivity (Wildman–Crippen MR) is 189 cm³/mol. The monoisotopic (exact) mass is 572 g/mol. The Labute approximate surface area is 262 Å². The first-order valence-corrected chi connectivity index (χ1v) is 15.2. The van der Waals surface area contributed by atoms with Gasteiger partial charge in [-0.15, -0.1) is 0 Å². The predicted octanol–water partition coefficient (Wildman–Crippen LogP) is 11.8. The maximum atomic E-state index is 9.32. The van der Waals surface area contributed by atoms with E-state index in [2.05, 4.69) is 157 Å². The van der Waals surface area contributed by atoms with Crippen molar-refractivity contribution in [2.24, 2.45) is 0 Å². The van der Waals surface area contributed by atoms with Gasteiger partial charge < -0.3 is 4.90 Å². The summed E-state index contributed by atoms with van der Waals surface area (Å²) in [7, 11) is 0. The smallest absolute Gasteiger partial charge is 0.0991 e. The van der Waals surface area contributed by atoms with E-state index in [-0.39, 0.29) is 0 Å². The molecule has 0 atom stereocenters. The Morgan fingerprint density at radius 2 is 0.844 bits per heavy atom. The van der Waals surface area contributed by atoms with E-state index < -0.39 is 0 Å². The maximum Gasteiger partial charge on any atom is 0.0991 e. The number of nitrogens with zero attached hydrogens (tertiary/aromatic N) is 2. The Hall–Kier alpha value is -6.17. The zero-order valence-corrected chi connectivity index (χ0v) is 24.6.